The minimum atomic E-state index is -0.417. The van der Waals surface area contributed by atoms with Gasteiger partial charge in [-0.1, -0.05) is 12.1 Å². The van der Waals surface area contributed by atoms with Crippen molar-refractivity contribution in [3.05, 3.63) is 65.7 Å². The molecule has 0 bridgehead atoms. The molecule has 0 saturated heterocycles. The Bertz CT molecular complexity index is 1300. The lowest BCUT2D eigenvalue weighted by Gasteiger charge is -2.09. The zero-order valence-electron chi connectivity index (χ0n) is 17.3. The Morgan fingerprint density at radius 1 is 1.06 bits per heavy atom. The zero-order valence-corrected chi connectivity index (χ0v) is 17.3. The van der Waals surface area contributed by atoms with Crippen molar-refractivity contribution in [2.45, 2.75) is 0 Å². The summed E-state index contributed by atoms with van der Waals surface area (Å²) in [6.07, 6.45) is 1.41. The SMILES string of the molecule is COc1cc(/C=N/NC(=O)c2ccc3nc(-c4ccccc4O)[nH]c3c2)cc(OC)c1O. The van der Waals surface area contributed by atoms with Gasteiger partial charge in [-0.3, -0.25) is 4.79 Å². The summed E-state index contributed by atoms with van der Waals surface area (Å²) in [6.45, 7) is 0. The maximum atomic E-state index is 12.5. The van der Waals surface area contributed by atoms with Gasteiger partial charge in [-0.25, -0.2) is 10.4 Å². The van der Waals surface area contributed by atoms with Crippen LogP contribution in [-0.4, -0.2) is 46.5 Å². The summed E-state index contributed by atoms with van der Waals surface area (Å²) >= 11 is 0. The normalized spacial score (nSPS) is 11.1. The third kappa shape index (κ3) is 4.04. The molecule has 0 radical (unpaired) electrons. The minimum Gasteiger partial charge on any atom is -0.507 e. The predicted octanol–water partition coefficient (Wildman–Crippen LogP) is 3.42. The maximum absolute atomic E-state index is 12.5. The number of ether oxygens (including phenoxy) is 2. The highest BCUT2D eigenvalue weighted by Gasteiger charge is 2.12. The lowest BCUT2D eigenvalue weighted by molar-refractivity contribution is 0.0955. The summed E-state index contributed by atoms with van der Waals surface area (Å²) < 4.78 is 10.2. The number of phenolic OH excluding ortho intramolecular Hbond substituents is 2. The third-order valence-corrected chi connectivity index (χ3v) is 4.79. The van der Waals surface area contributed by atoms with Crippen LogP contribution in [0.2, 0.25) is 0 Å². The van der Waals surface area contributed by atoms with E-state index in [1.54, 1.807) is 54.6 Å². The Balaban J connectivity index is 1.52. The topological polar surface area (TPSA) is 129 Å². The van der Waals surface area contributed by atoms with Crippen LogP contribution in [0.3, 0.4) is 0 Å². The van der Waals surface area contributed by atoms with Crippen LogP contribution < -0.4 is 14.9 Å². The van der Waals surface area contributed by atoms with Crippen molar-refractivity contribution in [3.8, 4) is 34.4 Å². The monoisotopic (exact) mass is 432 g/mol. The molecule has 0 spiro atoms. The van der Waals surface area contributed by atoms with Crippen molar-refractivity contribution in [2.75, 3.05) is 14.2 Å². The van der Waals surface area contributed by atoms with Gasteiger partial charge in [0.25, 0.3) is 5.91 Å². The summed E-state index contributed by atoms with van der Waals surface area (Å²) in [5.41, 5.74) is 5.28. The number of aromatic hydroxyl groups is 2. The number of benzene rings is 3. The van der Waals surface area contributed by atoms with Crippen LogP contribution in [0.1, 0.15) is 15.9 Å². The molecular formula is C23H20N4O5. The molecule has 9 heteroatoms. The highest BCUT2D eigenvalue weighted by atomic mass is 16.5. The molecule has 4 rings (SSSR count). The first-order valence-electron chi connectivity index (χ1n) is 9.56. The standard InChI is InChI=1S/C23H20N4O5/c1-31-19-9-13(10-20(32-2)21(19)29)12-24-27-23(30)14-7-8-16-17(11-14)26-22(25-16)15-5-3-4-6-18(15)28/h3-12,28-29H,1-2H3,(H,25,26)(H,27,30)/b24-12+. The lowest BCUT2D eigenvalue weighted by atomic mass is 10.2. The summed E-state index contributed by atoms with van der Waals surface area (Å²) in [5.74, 6) is 0.529. The molecule has 4 N–H and O–H groups in total. The van der Waals surface area contributed by atoms with E-state index >= 15 is 0 Å². The minimum absolute atomic E-state index is 0.112. The maximum Gasteiger partial charge on any atom is 0.271 e. The number of methoxy groups -OCH3 is 2. The Hall–Kier alpha value is -4.53. The second kappa shape index (κ2) is 8.68. The van der Waals surface area contributed by atoms with Gasteiger partial charge in [0, 0.05) is 11.1 Å². The zero-order chi connectivity index (χ0) is 22.7. The first-order chi connectivity index (χ1) is 15.5. The van der Waals surface area contributed by atoms with E-state index < -0.39 is 5.91 Å². The molecule has 0 aliphatic rings. The van der Waals surface area contributed by atoms with Gasteiger partial charge in [0.1, 0.15) is 11.6 Å². The fraction of sp³-hybridized carbons (Fsp3) is 0.0870. The van der Waals surface area contributed by atoms with Gasteiger partial charge in [-0.05, 0) is 42.5 Å². The molecule has 3 aromatic carbocycles. The molecule has 0 aliphatic carbocycles. The summed E-state index contributed by atoms with van der Waals surface area (Å²) in [4.78, 5) is 20.1. The second-order valence-electron chi connectivity index (χ2n) is 6.81. The molecule has 0 fully saturated rings. The molecule has 0 saturated carbocycles. The first kappa shape index (κ1) is 20.7. The van der Waals surface area contributed by atoms with Crippen LogP contribution >= 0.6 is 0 Å². The number of imidazole rings is 1. The van der Waals surface area contributed by atoms with Gasteiger partial charge in [0.05, 0.1) is 37.0 Å². The number of amides is 1. The molecule has 0 atom stereocenters. The number of phenols is 2. The van der Waals surface area contributed by atoms with Crippen molar-refractivity contribution in [1.82, 2.24) is 15.4 Å². The fourth-order valence-electron chi connectivity index (χ4n) is 3.17. The van der Waals surface area contributed by atoms with Gasteiger partial charge in [-0.2, -0.15) is 5.10 Å². The number of rotatable bonds is 6. The van der Waals surface area contributed by atoms with Crippen LogP contribution in [0.5, 0.6) is 23.0 Å². The Morgan fingerprint density at radius 2 is 1.78 bits per heavy atom. The molecular weight excluding hydrogens is 412 g/mol. The average Bonchev–Trinajstić information content (AvgIpc) is 3.23. The number of aromatic nitrogens is 2. The first-order valence-corrected chi connectivity index (χ1v) is 9.56. The van der Waals surface area contributed by atoms with Crippen molar-refractivity contribution in [2.24, 2.45) is 5.10 Å². The van der Waals surface area contributed by atoms with Crippen LogP contribution in [0.15, 0.2) is 59.7 Å². The highest BCUT2D eigenvalue weighted by molar-refractivity contribution is 5.98. The van der Waals surface area contributed by atoms with E-state index in [9.17, 15) is 15.0 Å². The van der Waals surface area contributed by atoms with E-state index in [0.717, 1.165) is 0 Å². The van der Waals surface area contributed by atoms with Crippen molar-refractivity contribution < 1.29 is 24.5 Å². The molecule has 1 amide bonds. The van der Waals surface area contributed by atoms with Gasteiger partial charge in [0.2, 0.25) is 5.75 Å². The van der Waals surface area contributed by atoms with E-state index in [0.29, 0.717) is 33.5 Å². The van der Waals surface area contributed by atoms with E-state index in [4.69, 9.17) is 9.47 Å². The quantitative estimate of drug-likeness (QED) is 0.273. The highest BCUT2D eigenvalue weighted by Crippen LogP contribution is 2.36. The van der Waals surface area contributed by atoms with E-state index in [1.165, 1.54) is 20.4 Å². The number of nitrogens with one attached hydrogen (secondary N) is 2. The van der Waals surface area contributed by atoms with E-state index in [2.05, 4.69) is 20.5 Å². The Morgan fingerprint density at radius 3 is 2.47 bits per heavy atom. The largest absolute Gasteiger partial charge is 0.507 e. The molecule has 4 aromatic rings. The molecule has 162 valence electrons. The molecule has 0 unspecified atom stereocenters. The smallest absolute Gasteiger partial charge is 0.271 e. The Labute approximate surface area is 183 Å². The summed E-state index contributed by atoms with van der Waals surface area (Å²) in [7, 11) is 2.85. The van der Waals surface area contributed by atoms with Crippen molar-refractivity contribution in [1.29, 1.82) is 0 Å². The van der Waals surface area contributed by atoms with Gasteiger partial charge in [-0.15, -0.1) is 0 Å². The number of aromatic amines is 1. The lowest BCUT2D eigenvalue weighted by Crippen LogP contribution is -2.17. The average molecular weight is 432 g/mol. The third-order valence-electron chi connectivity index (χ3n) is 4.79. The fourth-order valence-corrected chi connectivity index (χ4v) is 3.17. The number of hydrogen-bond donors (Lipinski definition) is 4. The van der Waals surface area contributed by atoms with Crippen LogP contribution in [-0.2, 0) is 0 Å². The molecule has 0 aliphatic heterocycles. The molecule has 1 heterocycles. The number of carbonyl (C=O) groups is 1. The molecule has 32 heavy (non-hydrogen) atoms. The number of carbonyl (C=O) groups excluding carboxylic acids is 1. The van der Waals surface area contributed by atoms with E-state index in [-0.39, 0.29) is 23.0 Å². The Kier molecular flexibility index (Phi) is 5.63. The second-order valence-corrected chi connectivity index (χ2v) is 6.81. The number of fused-ring (bicyclic) bond motifs is 1. The summed E-state index contributed by atoms with van der Waals surface area (Å²) in [6, 6.07) is 15.0. The number of hydrazone groups is 1. The number of H-pyrrole nitrogens is 1. The van der Waals surface area contributed by atoms with Gasteiger partial charge >= 0.3 is 0 Å². The number of hydrogen-bond acceptors (Lipinski definition) is 7. The summed E-state index contributed by atoms with van der Waals surface area (Å²) in [5, 5.41) is 24.0. The molecule has 1 aromatic heterocycles. The van der Waals surface area contributed by atoms with Crippen LogP contribution in [0, 0.1) is 0 Å². The van der Waals surface area contributed by atoms with Gasteiger partial charge < -0.3 is 24.7 Å². The van der Waals surface area contributed by atoms with Gasteiger partial charge in [0.15, 0.2) is 11.5 Å². The van der Waals surface area contributed by atoms with E-state index in [1.807, 2.05) is 0 Å². The number of para-hydroxylation sites is 1. The van der Waals surface area contributed by atoms with Crippen LogP contribution in [0.4, 0.5) is 0 Å². The molecule has 9 nitrogen and oxygen atoms in total. The van der Waals surface area contributed by atoms with Crippen molar-refractivity contribution in [3.63, 3.8) is 0 Å². The van der Waals surface area contributed by atoms with Crippen molar-refractivity contribution >= 4 is 23.2 Å². The predicted molar refractivity (Wildman–Crippen MR) is 119 cm³/mol. The number of nitrogens with zero attached hydrogens (tertiary/aromatic N) is 2. The van der Waals surface area contributed by atoms with Crippen LogP contribution in [0.25, 0.3) is 22.4 Å².